The highest BCUT2D eigenvalue weighted by Crippen LogP contribution is 2.47. The topological polar surface area (TPSA) is 51.2 Å². The van der Waals surface area contributed by atoms with Crippen LogP contribution in [0.25, 0.3) is 0 Å². The number of hydrogen-bond donors (Lipinski definition) is 1. The zero-order valence-electron chi connectivity index (χ0n) is 20.6. The van der Waals surface area contributed by atoms with Gasteiger partial charge in [0.25, 0.3) is 0 Å². The highest BCUT2D eigenvalue weighted by atomic mass is 16.7. The molecule has 2 aliphatic rings. The first kappa shape index (κ1) is 23.7. The molecule has 0 aromatic heterocycles. The molecule has 0 saturated carbocycles. The minimum Gasteiger partial charge on any atom is -0.508 e. The van der Waals surface area contributed by atoms with E-state index in [0.717, 1.165) is 43.7 Å². The molecule has 3 aromatic rings. The van der Waals surface area contributed by atoms with Crippen LogP contribution in [-0.4, -0.2) is 45.3 Å². The molecule has 0 radical (unpaired) electrons. The molecule has 1 fully saturated rings. The van der Waals surface area contributed by atoms with Gasteiger partial charge in [0.2, 0.25) is 0 Å². The lowest BCUT2D eigenvalue weighted by atomic mass is 9.76. The maximum atomic E-state index is 10.0. The first-order valence-corrected chi connectivity index (χ1v) is 12.6. The van der Waals surface area contributed by atoms with E-state index in [1.54, 1.807) is 26.4 Å². The van der Waals surface area contributed by atoms with Gasteiger partial charge >= 0.3 is 0 Å². The molecule has 0 spiro atoms. The van der Waals surface area contributed by atoms with Crippen molar-refractivity contribution in [1.29, 1.82) is 0 Å². The SMILES string of the molecule is COC(CC1CCN(c2ccc([C@@H]3c4ccc(O)cc4OC[C@@H]3c3ccccc3)cc2)CC1)OC. The largest absolute Gasteiger partial charge is 0.508 e. The highest BCUT2D eigenvalue weighted by Gasteiger charge is 2.33. The van der Waals surface area contributed by atoms with Gasteiger partial charge in [-0.15, -0.1) is 0 Å². The lowest BCUT2D eigenvalue weighted by Gasteiger charge is -2.36. The number of aromatic hydroxyl groups is 1. The van der Waals surface area contributed by atoms with Gasteiger partial charge in [-0.25, -0.2) is 0 Å². The molecule has 3 aromatic carbocycles. The van der Waals surface area contributed by atoms with E-state index in [0.29, 0.717) is 12.5 Å². The van der Waals surface area contributed by atoms with Crippen molar-refractivity contribution in [3.05, 3.63) is 89.5 Å². The van der Waals surface area contributed by atoms with E-state index >= 15 is 0 Å². The normalized spacial score (nSPS) is 20.5. The van der Waals surface area contributed by atoms with Crippen molar-refractivity contribution in [3.63, 3.8) is 0 Å². The van der Waals surface area contributed by atoms with Crippen molar-refractivity contribution in [1.82, 2.24) is 0 Å². The van der Waals surface area contributed by atoms with Crippen LogP contribution in [0.15, 0.2) is 72.8 Å². The van der Waals surface area contributed by atoms with Crippen LogP contribution in [-0.2, 0) is 9.47 Å². The number of methoxy groups -OCH3 is 2. The molecule has 2 aliphatic heterocycles. The standard InChI is InChI=1S/C30H35NO4/c1-33-29(34-2)18-21-14-16-31(17-15-21)24-10-8-23(9-11-24)30-26-13-12-25(32)19-28(26)35-20-27(30)22-6-4-3-5-7-22/h3-13,19,21,27,29-30,32H,14-18,20H2,1-2H3/t27-,30-/m1/s1. The Bertz CT molecular complexity index is 1090. The predicted octanol–water partition coefficient (Wildman–Crippen LogP) is 5.93. The number of piperidine rings is 1. The Morgan fingerprint density at radius 2 is 1.63 bits per heavy atom. The van der Waals surface area contributed by atoms with Gasteiger partial charge < -0.3 is 24.2 Å². The minimum atomic E-state index is -0.104. The number of benzene rings is 3. The zero-order valence-corrected chi connectivity index (χ0v) is 20.6. The lowest BCUT2D eigenvalue weighted by molar-refractivity contribution is -0.115. The quantitative estimate of drug-likeness (QED) is 0.431. The summed E-state index contributed by atoms with van der Waals surface area (Å²) in [5.74, 6) is 2.03. The van der Waals surface area contributed by atoms with Crippen LogP contribution in [0, 0.1) is 5.92 Å². The molecule has 2 heterocycles. The molecule has 1 N–H and O–H groups in total. The molecular weight excluding hydrogens is 438 g/mol. The summed E-state index contributed by atoms with van der Waals surface area (Å²) < 4.78 is 16.9. The lowest BCUT2D eigenvalue weighted by Crippen LogP contribution is -2.35. The maximum absolute atomic E-state index is 10.0. The number of phenols is 1. The van der Waals surface area contributed by atoms with E-state index in [9.17, 15) is 5.11 Å². The highest BCUT2D eigenvalue weighted by molar-refractivity contribution is 5.54. The van der Waals surface area contributed by atoms with Gasteiger partial charge in [0.05, 0.1) is 6.61 Å². The molecule has 1 saturated heterocycles. The number of rotatable bonds is 7. The third kappa shape index (κ3) is 5.16. The fraction of sp³-hybridized carbons (Fsp3) is 0.400. The van der Waals surface area contributed by atoms with Crippen LogP contribution >= 0.6 is 0 Å². The number of nitrogens with zero attached hydrogens (tertiary/aromatic N) is 1. The summed E-state index contributed by atoms with van der Waals surface area (Å²) in [4.78, 5) is 2.49. The third-order valence-electron chi connectivity index (χ3n) is 7.66. The van der Waals surface area contributed by atoms with Gasteiger partial charge in [-0.05, 0) is 48.1 Å². The Morgan fingerprint density at radius 1 is 0.914 bits per heavy atom. The van der Waals surface area contributed by atoms with Crippen molar-refractivity contribution >= 4 is 5.69 Å². The molecule has 184 valence electrons. The molecular formula is C30H35NO4. The number of hydrogen-bond acceptors (Lipinski definition) is 5. The van der Waals surface area contributed by atoms with Crippen molar-refractivity contribution in [3.8, 4) is 11.5 Å². The van der Waals surface area contributed by atoms with Gasteiger partial charge in [-0.1, -0.05) is 48.5 Å². The molecule has 0 unspecified atom stereocenters. The Morgan fingerprint density at radius 3 is 2.31 bits per heavy atom. The molecule has 2 atom stereocenters. The molecule has 0 amide bonds. The predicted molar refractivity (Wildman–Crippen MR) is 138 cm³/mol. The van der Waals surface area contributed by atoms with Gasteiger partial charge in [0.15, 0.2) is 6.29 Å². The summed E-state index contributed by atoms with van der Waals surface area (Å²) in [6.07, 6.45) is 3.16. The Hall–Kier alpha value is -3.02. The van der Waals surface area contributed by atoms with Crippen LogP contribution in [0.1, 0.15) is 47.8 Å². The van der Waals surface area contributed by atoms with Crippen LogP contribution in [0.3, 0.4) is 0 Å². The smallest absolute Gasteiger partial charge is 0.157 e. The van der Waals surface area contributed by atoms with Gasteiger partial charge in [-0.2, -0.15) is 0 Å². The van der Waals surface area contributed by atoms with Crippen molar-refractivity contribution in [2.24, 2.45) is 5.92 Å². The van der Waals surface area contributed by atoms with E-state index in [1.807, 2.05) is 6.07 Å². The van der Waals surface area contributed by atoms with E-state index in [1.165, 1.54) is 16.8 Å². The molecule has 0 aliphatic carbocycles. The van der Waals surface area contributed by atoms with Gasteiger partial charge in [0.1, 0.15) is 11.5 Å². The fourth-order valence-electron chi connectivity index (χ4n) is 5.68. The second kappa shape index (κ2) is 10.7. The number of fused-ring (bicyclic) bond motifs is 1. The fourth-order valence-corrected chi connectivity index (χ4v) is 5.68. The van der Waals surface area contributed by atoms with E-state index in [-0.39, 0.29) is 23.9 Å². The molecule has 5 heteroatoms. The Kier molecular flexibility index (Phi) is 7.26. The van der Waals surface area contributed by atoms with Crippen LogP contribution in [0.2, 0.25) is 0 Å². The summed E-state index contributed by atoms with van der Waals surface area (Å²) in [7, 11) is 3.43. The zero-order chi connectivity index (χ0) is 24.2. The van der Waals surface area contributed by atoms with Crippen molar-refractivity contribution < 1.29 is 19.3 Å². The van der Waals surface area contributed by atoms with E-state index in [2.05, 4.69) is 59.5 Å². The average molecular weight is 474 g/mol. The monoisotopic (exact) mass is 473 g/mol. The third-order valence-corrected chi connectivity index (χ3v) is 7.66. The first-order valence-electron chi connectivity index (χ1n) is 12.6. The second-order valence-electron chi connectivity index (χ2n) is 9.69. The van der Waals surface area contributed by atoms with E-state index < -0.39 is 0 Å². The van der Waals surface area contributed by atoms with Crippen LogP contribution < -0.4 is 9.64 Å². The number of anilines is 1. The van der Waals surface area contributed by atoms with Crippen LogP contribution in [0.4, 0.5) is 5.69 Å². The summed E-state index contributed by atoms with van der Waals surface area (Å²) in [6, 6.07) is 25.2. The van der Waals surface area contributed by atoms with Crippen molar-refractivity contribution in [2.45, 2.75) is 37.4 Å². The summed E-state index contributed by atoms with van der Waals surface area (Å²) in [5, 5.41) is 10.0. The second-order valence-corrected chi connectivity index (χ2v) is 9.69. The number of phenolic OH excluding ortho intramolecular Hbond substituents is 1. The van der Waals surface area contributed by atoms with Gasteiger partial charge in [0, 0.05) is 62.9 Å². The van der Waals surface area contributed by atoms with Crippen molar-refractivity contribution in [2.75, 3.05) is 38.8 Å². The first-order chi connectivity index (χ1) is 17.2. The van der Waals surface area contributed by atoms with E-state index in [4.69, 9.17) is 14.2 Å². The summed E-state index contributed by atoms with van der Waals surface area (Å²) in [5.41, 5.74) is 4.95. The number of ether oxygens (including phenoxy) is 3. The Labute approximate surface area is 208 Å². The minimum absolute atomic E-state index is 0.104. The summed E-state index contributed by atoms with van der Waals surface area (Å²) in [6.45, 7) is 2.69. The molecule has 0 bridgehead atoms. The Balaban J connectivity index is 1.35. The summed E-state index contributed by atoms with van der Waals surface area (Å²) >= 11 is 0. The average Bonchev–Trinajstić information content (AvgIpc) is 2.92. The molecule has 35 heavy (non-hydrogen) atoms. The van der Waals surface area contributed by atoms with Crippen LogP contribution in [0.5, 0.6) is 11.5 Å². The molecule has 5 rings (SSSR count). The van der Waals surface area contributed by atoms with Gasteiger partial charge in [-0.3, -0.25) is 0 Å². The molecule has 5 nitrogen and oxygen atoms in total. The maximum Gasteiger partial charge on any atom is 0.157 e.